The van der Waals surface area contributed by atoms with Crippen molar-refractivity contribution in [2.24, 2.45) is 0 Å². The maximum absolute atomic E-state index is 12.2. The molecule has 110 valence electrons. The number of benzene rings is 1. The Bertz CT molecular complexity index is 604. The molecule has 1 aliphatic carbocycles. The minimum Gasteiger partial charge on any atom is -0.469 e. The smallest absolute Gasteiger partial charge is 0.306 e. The van der Waals surface area contributed by atoms with Gasteiger partial charge in [-0.25, -0.2) is 8.42 Å². The van der Waals surface area contributed by atoms with Gasteiger partial charge in [-0.3, -0.25) is 4.79 Å². The van der Waals surface area contributed by atoms with Crippen LogP contribution < -0.4 is 0 Å². The van der Waals surface area contributed by atoms with E-state index in [1.165, 1.54) is 18.2 Å². The second-order valence-electron chi connectivity index (χ2n) is 5.35. The molecule has 0 saturated heterocycles. The number of hydrogen-bond acceptors (Lipinski definition) is 4. The van der Waals surface area contributed by atoms with E-state index in [-0.39, 0.29) is 12.2 Å². The van der Waals surface area contributed by atoms with E-state index in [9.17, 15) is 13.2 Å². The molecular weight excluding hydrogens is 276 g/mol. The Kier molecular flexibility index (Phi) is 4.48. The second kappa shape index (κ2) is 5.95. The SMILES string of the molecule is COC(=O)CC(C)S(=O)(=O)Cc1ccc2c(c1)CCC2. The summed E-state index contributed by atoms with van der Waals surface area (Å²) in [6.07, 6.45) is 3.16. The Morgan fingerprint density at radius 1 is 1.30 bits per heavy atom. The van der Waals surface area contributed by atoms with Gasteiger partial charge in [-0.05, 0) is 42.9 Å². The van der Waals surface area contributed by atoms with E-state index >= 15 is 0 Å². The van der Waals surface area contributed by atoms with Crippen LogP contribution in [0.2, 0.25) is 0 Å². The van der Waals surface area contributed by atoms with Gasteiger partial charge in [-0.15, -0.1) is 0 Å². The van der Waals surface area contributed by atoms with Crippen LogP contribution in [0.1, 0.15) is 36.5 Å². The third-order valence-electron chi connectivity index (χ3n) is 3.83. The summed E-state index contributed by atoms with van der Waals surface area (Å²) in [5, 5.41) is -0.719. The average Bonchev–Trinajstić information content (AvgIpc) is 2.85. The lowest BCUT2D eigenvalue weighted by molar-refractivity contribution is -0.140. The highest BCUT2D eigenvalue weighted by Crippen LogP contribution is 2.24. The number of esters is 1. The normalized spacial score (nSPS) is 15.7. The highest BCUT2D eigenvalue weighted by atomic mass is 32.2. The third kappa shape index (κ3) is 3.39. The van der Waals surface area contributed by atoms with Gasteiger partial charge in [-0.2, -0.15) is 0 Å². The van der Waals surface area contributed by atoms with Gasteiger partial charge in [-0.1, -0.05) is 18.2 Å². The van der Waals surface area contributed by atoms with Crippen LogP contribution in [0.3, 0.4) is 0 Å². The lowest BCUT2D eigenvalue weighted by atomic mass is 10.1. The van der Waals surface area contributed by atoms with Crippen molar-refractivity contribution in [2.45, 2.75) is 43.6 Å². The second-order valence-corrected chi connectivity index (χ2v) is 7.77. The van der Waals surface area contributed by atoms with Crippen molar-refractivity contribution in [1.29, 1.82) is 0 Å². The van der Waals surface area contributed by atoms with E-state index in [1.54, 1.807) is 6.92 Å². The lowest BCUT2D eigenvalue weighted by Crippen LogP contribution is -2.23. The van der Waals surface area contributed by atoms with Crippen molar-refractivity contribution in [1.82, 2.24) is 0 Å². The Morgan fingerprint density at radius 2 is 2.00 bits per heavy atom. The number of carbonyl (C=O) groups is 1. The Balaban J connectivity index is 2.10. The summed E-state index contributed by atoms with van der Waals surface area (Å²) in [4.78, 5) is 11.2. The van der Waals surface area contributed by atoms with E-state index < -0.39 is 21.1 Å². The van der Waals surface area contributed by atoms with Crippen LogP contribution in [0.5, 0.6) is 0 Å². The number of aryl methyl sites for hydroxylation is 2. The number of fused-ring (bicyclic) bond motifs is 1. The zero-order chi connectivity index (χ0) is 14.8. The highest BCUT2D eigenvalue weighted by molar-refractivity contribution is 7.91. The predicted molar refractivity (Wildman–Crippen MR) is 77.2 cm³/mol. The molecule has 0 aliphatic heterocycles. The molecule has 0 N–H and O–H groups in total. The predicted octanol–water partition coefficient (Wildman–Crippen LogP) is 2.04. The van der Waals surface area contributed by atoms with E-state index in [0.29, 0.717) is 0 Å². The van der Waals surface area contributed by atoms with Crippen molar-refractivity contribution in [3.05, 3.63) is 34.9 Å². The van der Waals surface area contributed by atoms with E-state index in [0.717, 1.165) is 24.8 Å². The van der Waals surface area contributed by atoms with Crippen LogP contribution in [-0.4, -0.2) is 26.7 Å². The van der Waals surface area contributed by atoms with Gasteiger partial charge in [0, 0.05) is 0 Å². The van der Waals surface area contributed by atoms with Crippen LogP contribution in [-0.2, 0) is 38.0 Å². The Morgan fingerprint density at radius 3 is 2.70 bits per heavy atom. The third-order valence-corrected chi connectivity index (χ3v) is 5.95. The molecule has 0 aromatic heterocycles. The first-order valence-corrected chi connectivity index (χ1v) is 8.53. The summed E-state index contributed by atoms with van der Waals surface area (Å²) >= 11 is 0. The largest absolute Gasteiger partial charge is 0.469 e. The van der Waals surface area contributed by atoms with Gasteiger partial charge >= 0.3 is 5.97 Å². The number of sulfone groups is 1. The van der Waals surface area contributed by atoms with Crippen molar-refractivity contribution in [3.63, 3.8) is 0 Å². The molecule has 1 aromatic carbocycles. The minimum absolute atomic E-state index is 0.0154. The number of ether oxygens (including phenoxy) is 1. The Hall–Kier alpha value is -1.36. The van der Waals surface area contributed by atoms with Gasteiger partial charge < -0.3 is 4.74 Å². The number of rotatable bonds is 5. The summed E-state index contributed by atoms with van der Waals surface area (Å²) in [5.74, 6) is -0.506. The van der Waals surface area contributed by atoms with Crippen LogP contribution in [0.25, 0.3) is 0 Å². The molecule has 0 bridgehead atoms. The van der Waals surface area contributed by atoms with Crippen molar-refractivity contribution in [2.75, 3.05) is 7.11 Å². The number of hydrogen-bond donors (Lipinski definition) is 0. The molecular formula is C15H20O4S. The zero-order valence-corrected chi connectivity index (χ0v) is 12.7. The van der Waals surface area contributed by atoms with Crippen LogP contribution >= 0.6 is 0 Å². The molecule has 2 rings (SSSR count). The van der Waals surface area contributed by atoms with E-state index in [4.69, 9.17) is 0 Å². The van der Waals surface area contributed by atoms with Gasteiger partial charge in [0.25, 0.3) is 0 Å². The first-order chi connectivity index (χ1) is 9.42. The molecule has 1 aliphatic rings. The topological polar surface area (TPSA) is 60.4 Å². The molecule has 0 amide bonds. The standard InChI is InChI=1S/C15H20O4S/c1-11(8-15(16)19-2)20(17,18)10-12-6-7-13-4-3-5-14(13)9-12/h6-7,9,11H,3-5,8,10H2,1-2H3. The fourth-order valence-electron chi connectivity index (χ4n) is 2.53. The van der Waals surface area contributed by atoms with E-state index in [2.05, 4.69) is 4.74 Å². The fourth-order valence-corrected chi connectivity index (χ4v) is 3.85. The molecule has 0 heterocycles. The molecule has 4 nitrogen and oxygen atoms in total. The molecule has 0 saturated carbocycles. The molecule has 0 fully saturated rings. The molecule has 1 aromatic rings. The van der Waals surface area contributed by atoms with Crippen molar-refractivity contribution >= 4 is 15.8 Å². The van der Waals surface area contributed by atoms with Crippen molar-refractivity contribution < 1.29 is 17.9 Å². The zero-order valence-electron chi connectivity index (χ0n) is 11.9. The van der Waals surface area contributed by atoms with Crippen LogP contribution in [0.4, 0.5) is 0 Å². The molecule has 20 heavy (non-hydrogen) atoms. The lowest BCUT2D eigenvalue weighted by Gasteiger charge is -2.12. The summed E-state index contributed by atoms with van der Waals surface area (Å²) < 4.78 is 29.0. The summed E-state index contributed by atoms with van der Waals surface area (Å²) in [6, 6.07) is 5.90. The van der Waals surface area contributed by atoms with Crippen molar-refractivity contribution in [3.8, 4) is 0 Å². The van der Waals surface area contributed by atoms with Gasteiger partial charge in [0.15, 0.2) is 9.84 Å². The van der Waals surface area contributed by atoms with Crippen LogP contribution in [0.15, 0.2) is 18.2 Å². The molecule has 0 radical (unpaired) electrons. The average molecular weight is 296 g/mol. The molecule has 1 atom stereocenters. The number of methoxy groups -OCH3 is 1. The van der Waals surface area contributed by atoms with Gasteiger partial charge in [0.2, 0.25) is 0 Å². The van der Waals surface area contributed by atoms with E-state index in [1.807, 2.05) is 18.2 Å². The quantitative estimate of drug-likeness (QED) is 0.780. The molecule has 0 spiro atoms. The van der Waals surface area contributed by atoms with Crippen LogP contribution in [0, 0.1) is 0 Å². The molecule has 1 unspecified atom stereocenters. The highest BCUT2D eigenvalue weighted by Gasteiger charge is 2.25. The summed E-state index contributed by atoms with van der Waals surface area (Å²) in [7, 11) is -2.07. The first-order valence-electron chi connectivity index (χ1n) is 6.81. The summed E-state index contributed by atoms with van der Waals surface area (Å²) in [6.45, 7) is 1.56. The molecule has 5 heteroatoms. The number of carbonyl (C=O) groups excluding carboxylic acids is 1. The maximum atomic E-state index is 12.2. The monoisotopic (exact) mass is 296 g/mol. The minimum atomic E-state index is -3.34. The Labute approximate surface area is 120 Å². The first kappa shape index (κ1) is 15.0. The van der Waals surface area contributed by atoms with Gasteiger partial charge in [0.05, 0.1) is 24.5 Å². The summed E-state index contributed by atoms with van der Waals surface area (Å²) in [5.41, 5.74) is 3.40. The fraction of sp³-hybridized carbons (Fsp3) is 0.533. The van der Waals surface area contributed by atoms with Gasteiger partial charge in [0.1, 0.15) is 0 Å². The maximum Gasteiger partial charge on any atom is 0.306 e.